The second kappa shape index (κ2) is 3.45. The van der Waals surface area contributed by atoms with E-state index in [-0.39, 0.29) is 11.5 Å². The lowest BCUT2D eigenvalue weighted by atomic mass is 10.1. The van der Waals surface area contributed by atoms with Crippen LogP contribution in [0.15, 0.2) is 11.9 Å². The summed E-state index contributed by atoms with van der Waals surface area (Å²) >= 11 is 0. The molecule has 0 bridgehead atoms. The molecular formula is C7H9FO4S. The Morgan fingerprint density at radius 3 is 2.54 bits per heavy atom. The molecule has 0 aliphatic carbocycles. The van der Waals surface area contributed by atoms with Crippen LogP contribution in [0, 0.1) is 5.92 Å². The van der Waals surface area contributed by atoms with Crippen molar-refractivity contribution in [2.24, 2.45) is 5.92 Å². The molecule has 0 aromatic heterocycles. The van der Waals surface area contributed by atoms with Gasteiger partial charge in [-0.15, -0.1) is 0 Å². The van der Waals surface area contributed by atoms with Crippen molar-refractivity contribution in [1.82, 2.24) is 0 Å². The molecule has 1 aliphatic rings. The maximum absolute atomic E-state index is 12.5. The van der Waals surface area contributed by atoms with Gasteiger partial charge in [0.25, 0.3) is 0 Å². The van der Waals surface area contributed by atoms with Gasteiger partial charge in [-0.1, -0.05) is 0 Å². The molecule has 1 aliphatic heterocycles. The summed E-state index contributed by atoms with van der Waals surface area (Å²) in [6.07, 6.45) is 1.18. The number of halogens is 1. The summed E-state index contributed by atoms with van der Waals surface area (Å²) < 4.78 is 34.3. The third-order valence-electron chi connectivity index (χ3n) is 1.85. The lowest BCUT2D eigenvalue weighted by Gasteiger charge is -1.97. The minimum atomic E-state index is -3.07. The van der Waals surface area contributed by atoms with Crippen LogP contribution in [0.25, 0.3) is 0 Å². The lowest BCUT2D eigenvalue weighted by molar-refractivity contribution is -0.134. The zero-order valence-electron chi connectivity index (χ0n) is 6.73. The van der Waals surface area contributed by atoms with Gasteiger partial charge in [0.2, 0.25) is 5.83 Å². The summed E-state index contributed by atoms with van der Waals surface area (Å²) in [4.78, 5) is 10.1. The van der Waals surface area contributed by atoms with Gasteiger partial charge in [-0.25, -0.2) is 13.2 Å². The number of rotatable bonds is 2. The molecule has 0 aromatic carbocycles. The van der Waals surface area contributed by atoms with E-state index in [4.69, 9.17) is 5.11 Å². The highest BCUT2D eigenvalue weighted by Gasteiger charge is 2.27. The molecule has 1 N–H and O–H groups in total. The maximum Gasteiger partial charge on any atom is 0.364 e. The first kappa shape index (κ1) is 10.2. The maximum atomic E-state index is 12.5. The smallest absolute Gasteiger partial charge is 0.364 e. The third kappa shape index (κ3) is 2.80. The Bertz CT molecular complexity index is 344. The van der Waals surface area contributed by atoms with Gasteiger partial charge in [0.05, 0.1) is 11.5 Å². The van der Waals surface area contributed by atoms with Gasteiger partial charge in [-0.3, -0.25) is 0 Å². The van der Waals surface area contributed by atoms with Crippen molar-refractivity contribution < 1.29 is 22.7 Å². The molecular weight excluding hydrogens is 199 g/mol. The van der Waals surface area contributed by atoms with Crippen LogP contribution in [-0.2, 0) is 14.6 Å². The Labute approximate surface area is 75.0 Å². The number of carbonyl (C=O) groups is 1. The molecule has 0 amide bonds. The van der Waals surface area contributed by atoms with Gasteiger partial charge in [-0.05, 0) is 18.4 Å². The zero-order valence-corrected chi connectivity index (χ0v) is 7.55. The van der Waals surface area contributed by atoms with Crippen LogP contribution in [-0.4, -0.2) is 31.0 Å². The molecule has 1 saturated heterocycles. The van der Waals surface area contributed by atoms with E-state index in [1.54, 1.807) is 0 Å². The second-order valence-electron chi connectivity index (χ2n) is 2.98. The number of aliphatic carboxylic acids is 1. The highest BCUT2D eigenvalue weighted by atomic mass is 32.2. The average molecular weight is 208 g/mol. The number of hydrogen-bond donors (Lipinski definition) is 1. The summed E-state index contributed by atoms with van der Waals surface area (Å²) in [5.74, 6) is -3.54. The van der Waals surface area contributed by atoms with E-state index in [0.717, 1.165) is 6.08 Å². The zero-order chi connectivity index (χ0) is 10.1. The quantitative estimate of drug-likeness (QED) is 0.665. The molecule has 1 atom stereocenters. The Hall–Kier alpha value is -0.910. The van der Waals surface area contributed by atoms with Crippen LogP contribution in [0.1, 0.15) is 6.42 Å². The molecule has 74 valence electrons. The van der Waals surface area contributed by atoms with Crippen molar-refractivity contribution in [2.45, 2.75) is 6.42 Å². The van der Waals surface area contributed by atoms with Gasteiger partial charge in [0, 0.05) is 0 Å². The Morgan fingerprint density at radius 1 is 1.54 bits per heavy atom. The lowest BCUT2D eigenvalue weighted by Crippen LogP contribution is -2.04. The Morgan fingerprint density at radius 2 is 2.15 bits per heavy atom. The van der Waals surface area contributed by atoms with Crippen LogP contribution in [0.3, 0.4) is 0 Å². The number of carboxylic acid groups (broad SMARTS) is 1. The molecule has 1 rings (SSSR count). The Kier molecular flexibility index (Phi) is 2.70. The van der Waals surface area contributed by atoms with Gasteiger partial charge >= 0.3 is 5.97 Å². The summed E-state index contributed by atoms with van der Waals surface area (Å²) in [6.45, 7) is 0. The molecule has 13 heavy (non-hydrogen) atoms. The number of carboxylic acids is 1. The van der Waals surface area contributed by atoms with Crippen LogP contribution in [0.4, 0.5) is 4.39 Å². The minimum absolute atomic E-state index is 0.0149. The van der Waals surface area contributed by atoms with Crippen molar-refractivity contribution >= 4 is 15.8 Å². The fraction of sp³-hybridized carbons (Fsp3) is 0.571. The number of allylic oxidation sites excluding steroid dienone is 1. The first-order valence-electron chi connectivity index (χ1n) is 3.72. The molecule has 0 spiro atoms. The van der Waals surface area contributed by atoms with Crippen molar-refractivity contribution in [3.05, 3.63) is 11.9 Å². The molecule has 0 saturated carbocycles. The summed E-state index contributed by atoms with van der Waals surface area (Å²) in [6, 6.07) is 0. The van der Waals surface area contributed by atoms with E-state index < -0.39 is 27.6 Å². The normalized spacial score (nSPS) is 27.5. The highest BCUT2D eigenvalue weighted by molar-refractivity contribution is 7.91. The van der Waals surface area contributed by atoms with E-state index in [2.05, 4.69) is 0 Å². The first-order valence-corrected chi connectivity index (χ1v) is 5.54. The molecule has 4 nitrogen and oxygen atoms in total. The molecule has 6 heteroatoms. The summed E-state index contributed by atoms with van der Waals surface area (Å²) in [5.41, 5.74) is 0. The molecule has 1 unspecified atom stereocenters. The predicted molar refractivity (Wildman–Crippen MR) is 43.6 cm³/mol. The molecule has 0 radical (unpaired) electrons. The number of hydrogen-bond acceptors (Lipinski definition) is 3. The van der Waals surface area contributed by atoms with Crippen molar-refractivity contribution in [2.75, 3.05) is 11.5 Å². The van der Waals surface area contributed by atoms with Crippen molar-refractivity contribution in [3.63, 3.8) is 0 Å². The molecule has 1 fully saturated rings. The Balaban J connectivity index is 2.69. The van der Waals surface area contributed by atoms with E-state index in [9.17, 15) is 17.6 Å². The van der Waals surface area contributed by atoms with Crippen LogP contribution >= 0.6 is 0 Å². The SMILES string of the molecule is O=C(O)/C(F)=C/C1CCS(=O)(=O)C1. The monoisotopic (exact) mass is 208 g/mol. The number of sulfone groups is 1. The molecule has 0 aromatic rings. The summed E-state index contributed by atoms with van der Waals surface area (Å²) in [7, 11) is -3.07. The van der Waals surface area contributed by atoms with Crippen LogP contribution in [0.5, 0.6) is 0 Å². The van der Waals surface area contributed by atoms with E-state index in [1.165, 1.54) is 0 Å². The standard InChI is InChI=1S/C7H9FO4S/c8-6(7(9)10)3-5-1-2-13(11,12)4-5/h3,5H,1-2,4H2,(H,9,10)/b6-3-. The average Bonchev–Trinajstić information content (AvgIpc) is 2.30. The van der Waals surface area contributed by atoms with Crippen LogP contribution < -0.4 is 0 Å². The molecule has 1 heterocycles. The summed E-state index contributed by atoms with van der Waals surface area (Å²) in [5, 5.41) is 8.18. The van der Waals surface area contributed by atoms with Crippen molar-refractivity contribution in [1.29, 1.82) is 0 Å². The second-order valence-corrected chi connectivity index (χ2v) is 5.21. The van der Waals surface area contributed by atoms with Crippen molar-refractivity contribution in [3.8, 4) is 0 Å². The topological polar surface area (TPSA) is 71.4 Å². The minimum Gasteiger partial charge on any atom is -0.476 e. The van der Waals surface area contributed by atoms with Gasteiger partial charge < -0.3 is 5.11 Å². The fourth-order valence-electron chi connectivity index (χ4n) is 1.23. The van der Waals surface area contributed by atoms with Gasteiger partial charge in [-0.2, -0.15) is 4.39 Å². The fourth-order valence-corrected chi connectivity index (χ4v) is 2.98. The van der Waals surface area contributed by atoms with E-state index in [1.807, 2.05) is 0 Å². The van der Waals surface area contributed by atoms with Crippen LogP contribution in [0.2, 0.25) is 0 Å². The van der Waals surface area contributed by atoms with E-state index >= 15 is 0 Å². The van der Waals surface area contributed by atoms with Gasteiger partial charge in [0.15, 0.2) is 9.84 Å². The van der Waals surface area contributed by atoms with E-state index in [0.29, 0.717) is 6.42 Å². The predicted octanol–water partition coefficient (Wildman–Crippen LogP) is 0.359. The third-order valence-corrected chi connectivity index (χ3v) is 3.65. The largest absolute Gasteiger partial charge is 0.476 e. The highest BCUT2D eigenvalue weighted by Crippen LogP contribution is 2.21. The van der Waals surface area contributed by atoms with Gasteiger partial charge in [0.1, 0.15) is 0 Å². The first-order chi connectivity index (χ1) is 5.91.